The topological polar surface area (TPSA) is 51.2 Å². The molecule has 1 aromatic heterocycles. The van der Waals surface area contributed by atoms with Crippen molar-refractivity contribution in [3.8, 4) is 11.1 Å². The van der Waals surface area contributed by atoms with E-state index in [1.165, 1.54) is 6.07 Å². The second kappa shape index (κ2) is 8.31. The first-order valence-corrected chi connectivity index (χ1v) is 8.50. The van der Waals surface area contributed by atoms with Gasteiger partial charge in [-0.15, -0.1) is 0 Å². The Labute approximate surface area is 163 Å². The molecule has 28 heavy (non-hydrogen) atoms. The van der Waals surface area contributed by atoms with Crippen LogP contribution in [0.3, 0.4) is 0 Å². The molecule has 8 heteroatoms. The van der Waals surface area contributed by atoms with Gasteiger partial charge in [-0.3, -0.25) is 10.3 Å². The molecule has 2 aromatic carbocycles. The summed E-state index contributed by atoms with van der Waals surface area (Å²) < 4.78 is 43.7. The zero-order valence-corrected chi connectivity index (χ0v) is 15.1. The Morgan fingerprint density at radius 2 is 1.79 bits per heavy atom. The third kappa shape index (κ3) is 5.01. The fourth-order valence-corrected chi connectivity index (χ4v) is 2.73. The van der Waals surface area contributed by atoms with Crippen LogP contribution >= 0.6 is 11.6 Å². The minimum atomic E-state index is -4.62. The number of benzene rings is 2. The maximum absolute atomic E-state index is 12.9. The van der Waals surface area contributed by atoms with E-state index in [9.17, 15) is 18.0 Å². The summed E-state index contributed by atoms with van der Waals surface area (Å²) in [6.45, 7) is -0.0372. The molecule has 3 aromatic rings. The first kappa shape index (κ1) is 19.7. The van der Waals surface area contributed by atoms with Gasteiger partial charge in [0.15, 0.2) is 0 Å². The van der Waals surface area contributed by atoms with Gasteiger partial charge in [-0.25, -0.2) is 4.79 Å². The zero-order chi connectivity index (χ0) is 20.1. The molecule has 1 N–H and O–H groups in total. The number of pyridine rings is 1. The second-order valence-corrected chi connectivity index (χ2v) is 6.24. The molecule has 4 nitrogen and oxygen atoms in total. The third-order valence-electron chi connectivity index (χ3n) is 3.83. The van der Waals surface area contributed by atoms with Crippen molar-refractivity contribution in [3.05, 3.63) is 83.1 Å². The summed E-state index contributed by atoms with van der Waals surface area (Å²) in [7, 11) is 0. The molecule has 0 atom stereocenters. The Balaban J connectivity index is 1.64. The Hall–Kier alpha value is -3.06. The summed E-state index contributed by atoms with van der Waals surface area (Å²) in [5.74, 6) is 0. The smallest absolute Gasteiger partial charge is 0.417 e. The number of hydrogen-bond acceptors (Lipinski definition) is 3. The molecule has 0 radical (unpaired) electrons. The Kier molecular flexibility index (Phi) is 5.84. The van der Waals surface area contributed by atoms with Crippen LogP contribution in [0.4, 0.5) is 23.7 Å². The number of carbonyl (C=O) groups is 1. The number of aromatic nitrogens is 1. The largest absolute Gasteiger partial charge is 0.444 e. The summed E-state index contributed by atoms with van der Waals surface area (Å²) in [5.41, 5.74) is 1.53. The van der Waals surface area contributed by atoms with Crippen molar-refractivity contribution in [1.82, 2.24) is 4.98 Å². The monoisotopic (exact) mass is 406 g/mol. The Morgan fingerprint density at radius 1 is 1.04 bits per heavy atom. The molecule has 0 bridgehead atoms. The van der Waals surface area contributed by atoms with Crippen molar-refractivity contribution in [1.29, 1.82) is 0 Å². The summed E-state index contributed by atoms with van der Waals surface area (Å²) in [6.07, 6.45) is -2.14. The minimum absolute atomic E-state index is 0.0372. The highest BCUT2D eigenvalue weighted by Crippen LogP contribution is 2.36. The van der Waals surface area contributed by atoms with Gasteiger partial charge in [0, 0.05) is 18.1 Å². The molecule has 1 heterocycles. The van der Waals surface area contributed by atoms with Crippen molar-refractivity contribution in [3.63, 3.8) is 0 Å². The molecule has 1 amide bonds. The van der Waals surface area contributed by atoms with Crippen molar-refractivity contribution in [2.24, 2.45) is 0 Å². The summed E-state index contributed by atoms with van der Waals surface area (Å²) in [5, 5.41) is 1.83. The quantitative estimate of drug-likeness (QED) is 0.563. The molecule has 0 aliphatic heterocycles. The summed E-state index contributed by atoms with van der Waals surface area (Å²) in [4.78, 5) is 15.9. The lowest BCUT2D eigenvalue weighted by molar-refractivity contribution is -0.137. The normalized spacial score (nSPS) is 11.1. The SMILES string of the molecule is O=C(Nc1ccc(Cl)c(C(F)(F)F)c1)OCc1cccc(-c2ccncc2)c1. The van der Waals surface area contributed by atoms with E-state index in [1.807, 2.05) is 30.3 Å². The van der Waals surface area contributed by atoms with E-state index >= 15 is 0 Å². The van der Waals surface area contributed by atoms with Crippen molar-refractivity contribution in [2.75, 3.05) is 5.32 Å². The summed E-state index contributed by atoms with van der Waals surface area (Å²) >= 11 is 5.56. The molecule has 0 fully saturated rings. The number of ether oxygens (including phenoxy) is 1. The van der Waals surface area contributed by atoms with Crippen LogP contribution < -0.4 is 5.32 Å². The number of amides is 1. The highest BCUT2D eigenvalue weighted by Gasteiger charge is 2.33. The molecule has 3 rings (SSSR count). The predicted molar refractivity (Wildman–Crippen MR) is 99.9 cm³/mol. The molecule has 0 aliphatic rings. The van der Waals surface area contributed by atoms with Gasteiger partial charge in [0.2, 0.25) is 0 Å². The molecule has 0 spiro atoms. The van der Waals surface area contributed by atoms with Gasteiger partial charge in [-0.1, -0.05) is 29.8 Å². The second-order valence-electron chi connectivity index (χ2n) is 5.83. The fraction of sp³-hybridized carbons (Fsp3) is 0.100. The van der Waals surface area contributed by atoms with Gasteiger partial charge in [-0.2, -0.15) is 13.2 Å². The molecular formula is C20H14ClF3N2O2. The van der Waals surface area contributed by atoms with Crippen molar-refractivity contribution >= 4 is 23.4 Å². The van der Waals surface area contributed by atoms with E-state index in [1.54, 1.807) is 18.5 Å². The summed E-state index contributed by atoms with van der Waals surface area (Å²) in [6, 6.07) is 14.2. The first-order chi connectivity index (χ1) is 13.3. The molecule has 0 saturated heterocycles. The van der Waals surface area contributed by atoms with Crippen molar-refractivity contribution < 1.29 is 22.7 Å². The number of hydrogen-bond donors (Lipinski definition) is 1. The van der Waals surface area contributed by atoms with Crippen LogP contribution in [0, 0.1) is 0 Å². The van der Waals surface area contributed by atoms with E-state index in [-0.39, 0.29) is 12.3 Å². The minimum Gasteiger partial charge on any atom is -0.444 e. The van der Waals surface area contributed by atoms with E-state index in [0.29, 0.717) is 0 Å². The number of halogens is 4. The number of rotatable bonds is 4. The zero-order valence-electron chi connectivity index (χ0n) is 14.3. The maximum atomic E-state index is 12.9. The molecule has 0 unspecified atom stereocenters. The Bertz CT molecular complexity index is 979. The van der Waals surface area contributed by atoms with E-state index < -0.39 is 22.9 Å². The van der Waals surface area contributed by atoms with Crippen LogP contribution in [0.15, 0.2) is 67.0 Å². The van der Waals surface area contributed by atoms with Crippen LogP contribution in [0.5, 0.6) is 0 Å². The van der Waals surface area contributed by atoms with Crippen molar-refractivity contribution in [2.45, 2.75) is 12.8 Å². The Morgan fingerprint density at radius 3 is 2.50 bits per heavy atom. The van der Waals surface area contributed by atoms with E-state index in [2.05, 4.69) is 10.3 Å². The first-order valence-electron chi connectivity index (χ1n) is 8.13. The number of alkyl halides is 3. The van der Waals surface area contributed by atoms with Crippen LogP contribution in [-0.2, 0) is 17.5 Å². The van der Waals surface area contributed by atoms with Gasteiger partial charge in [0.05, 0.1) is 10.6 Å². The van der Waals surface area contributed by atoms with Gasteiger partial charge in [-0.05, 0) is 53.1 Å². The molecule has 0 saturated carbocycles. The van der Waals surface area contributed by atoms with Crippen LogP contribution in [0.1, 0.15) is 11.1 Å². The number of nitrogens with zero attached hydrogens (tertiary/aromatic N) is 1. The van der Waals surface area contributed by atoms with Crippen LogP contribution in [0.2, 0.25) is 5.02 Å². The van der Waals surface area contributed by atoms with Gasteiger partial charge in [0.1, 0.15) is 6.61 Å². The lowest BCUT2D eigenvalue weighted by atomic mass is 10.0. The third-order valence-corrected chi connectivity index (χ3v) is 4.16. The highest BCUT2D eigenvalue weighted by molar-refractivity contribution is 6.31. The average Bonchev–Trinajstić information content (AvgIpc) is 2.68. The van der Waals surface area contributed by atoms with E-state index in [4.69, 9.17) is 16.3 Å². The molecule has 144 valence electrons. The fourth-order valence-electron chi connectivity index (χ4n) is 2.51. The number of carbonyl (C=O) groups excluding carboxylic acids is 1. The average molecular weight is 407 g/mol. The van der Waals surface area contributed by atoms with Crippen LogP contribution in [-0.4, -0.2) is 11.1 Å². The van der Waals surface area contributed by atoms with Gasteiger partial charge in [0.25, 0.3) is 0 Å². The predicted octanol–water partition coefficient (Wildman–Crippen LogP) is 6.17. The van der Waals surface area contributed by atoms with E-state index in [0.717, 1.165) is 28.8 Å². The lowest BCUT2D eigenvalue weighted by Crippen LogP contribution is -2.14. The highest BCUT2D eigenvalue weighted by atomic mass is 35.5. The van der Waals surface area contributed by atoms with Gasteiger partial charge >= 0.3 is 12.3 Å². The molecule has 0 aliphatic carbocycles. The number of anilines is 1. The standard InChI is InChI=1S/C20H14ClF3N2O2/c21-18-5-4-16(11-17(18)20(22,23)24)26-19(27)28-12-13-2-1-3-15(10-13)14-6-8-25-9-7-14/h1-11H,12H2,(H,26,27). The lowest BCUT2D eigenvalue weighted by Gasteiger charge is -2.12. The van der Waals surface area contributed by atoms with Crippen LogP contribution in [0.25, 0.3) is 11.1 Å². The molecular weight excluding hydrogens is 393 g/mol. The number of nitrogens with one attached hydrogen (secondary N) is 1. The maximum Gasteiger partial charge on any atom is 0.417 e. The van der Waals surface area contributed by atoms with Gasteiger partial charge < -0.3 is 4.74 Å².